The van der Waals surface area contributed by atoms with Gasteiger partial charge in [0, 0.05) is 7.05 Å². The molecule has 0 fully saturated rings. The topological polar surface area (TPSA) is 88.3 Å². The molecular weight excluding hydrogens is 329 g/mol. The Hall–Kier alpha value is -2.91. The van der Waals surface area contributed by atoms with Gasteiger partial charge in [0.2, 0.25) is 0 Å². The van der Waals surface area contributed by atoms with Crippen molar-refractivity contribution < 1.29 is 27.9 Å². The Balaban J connectivity index is 2.36. The zero-order valence-corrected chi connectivity index (χ0v) is 12.7. The lowest BCUT2D eigenvalue weighted by molar-refractivity contribution is -0.141. The number of aliphatic carboxylic acids is 1. The predicted molar refractivity (Wildman–Crippen MR) is 75.6 cm³/mol. The second-order valence-corrected chi connectivity index (χ2v) is 4.99. The van der Waals surface area contributed by atoms with Crippen molar-refractivity contribution in [1.82, 2.24) is 19.9 Å². The summed E-state index contributed by atoms with van der Waals surface area (Å²) < 4.78 is 39.9. The highest BCUT2D eigenvalue weighted by Gasteiger charge is 2.34. The number of nitrogens with zero attached hydrogens (tertiary/aromatic N) is 4. The highest BCUT2D eigenvalue weighted by atomic mass is 19.4. The van der Waals surface area contributed by atoms with Gasteiger partial charge in [-0.25, -0.2) is 9.48 Å². The molecule has 1 aromatic heterocycles. The molecule has 128 valence electrons. The molecule has 0 saturated carbocycles. The maximum atomic E-state index is 13.0. The van der Waals surface area contributed by atoms with Crippen molar-refractivity contribution >= 4 is 11.9 Å². The Bertz CT molecular complexity index is 773. The highest BCUT2D eigenvalue weighted by Crippen LogP contribution is 2.33. The van der Waals surface area contributed by atoms with Crippen LogP contribution in [0.25, 0.3) is 5.69 Å². The Morgan fingerprint density at radius 2 is 1.92 bits per heavy atom. The Labute approximate surface area is 134 Å². The smallest absolute Gasteiger partial charge is 0.418 e. The number of hydrogen-bond acceptors (Lipinski definition) is 4. The van der Waals surface area contributed by atoms with Gasteiger partial charge in [0.1, 0.15) is 6.04 Å². The molecule has 0 saturated heterocycles. The number of para-hydroxylation sites is 1. The number of benzene rings is 1. The minimum Gasteiger partial charge on any atom is -0.480 e. The molecule has 1 N–H and O–H groups in total. The van der Waals surface area contributed by atoms with Crippen LogP contribution < -0.4 is 0 Å². The zero-order valence-electron chi connectivity index (χ0n) is 12.7. The van der Waals surface area contributed by atoms with Gasteiger partial charge in [-0.15, -0.1) is 5.10 Å². The molecule has 1 amide bonds. The van der Waals surface area contributed by atoms with Crippen molar-refractivity contribution in [1.29, 1.82) is 0 Å². The first-order valence-electron chi connectivity index (χ1n) is 6.72. The quantitative estimate of drug-likeness (QED) is 0.916. The van der Waals surface area contributed by atoms with Gasteiger partial charge in [-0.3, -0.25) is 4.79 Å². The van der Waals surface area contributed by atoms with Crippen LogP contribution in [0.3, 0.4) is 0 Å². The van der Waals surface area contributed by atoms with E-state index in [1.54, 1.807) is 0 Å². The number of aromatic nitrogens is 3. The van der Waals surface area contributed by atoms with E-state index in [2.05, 4.69) is 10.3 Å². The van der Waals surface area contributed by atoms with E-state index >= 15 is 0 Å². The summed E-state index contributed by atoms with van der Waals surface area (Å²) in [5.41, 5.74) is -1.48. The fourth-order valence-corrected chi connectivity index (χ4v) is 1.91. The van der Waals surface area contributed by atoms with Gasteiger partial charge in [-0.1, -0.05) is 17.3 Å². The molecule has 2 aromatic rings. The summed E-state index contributed by atoms with van der Waals surface area (Å²) in [6.07, 6.45) is -3.57. The number of carbonyl (C=O) groups is 2. The highest BCUT2D eigenvalue weighted by molar-refractivity contribution is 5.94. The second kappa shape index (κ2) is 6.30. The monoisotopic (exact) mass is 342 g/mol. The minimum atomic E-state index is -4.60. The molecule has 0 aliphatic carbocycles. The molecule has 1 aromatic carbocycles. The SMILES string of the molecule is CC(C(=O)O)N(C)C(=O)c1cn(-c2ccccc2C(F)(F)F)nn1. The summed E-state index contributed by atoms with van der Waals surface area (Å²) in [4.78, 5) is 23.9. The Morgan fingerprint density at radius 1 is 1.29 bits per heavy atom. The molecule has 2 rings (SSSR count). The van der Waals surface area contributed by atoms with E-state index in [4.69, 9.17) is 5.11 Å². The van der Waals surface area contributed by atoms with Crippen molar-refractivity contribution in [2.75, 3.05) is 7.05 Å². The molecule has 1 atom stereocenters. The first kappa shape index (κ1) is 17.4. The van der Waals surface area contributed by atoms with E-state index in [1.165, 1.54) is 32.2 Å². The van der Waals surface area contributed by atoms with Crippen LogP contribution in [0.2, 0.25) is 0 Å². The van der Waals surface area contributed by atoms with E-state index < -0.39 is 29.7 Å². The lowest BCUT2D eigenvalue weighted by Crippen LogP contribution is -2.40. The zero-order chi connectivity index (χ0) is 18.1. The van der Waals surface area contributed by atoms with Gasteiger partial charge in [-0.05, 0) is 19.1 Å². The van der Waals surface area contributed by atoms with Gasteiger partial charge in [0.15, 0.2) is 5.69 Å². The van der Waals surface area contributed by atoms with Gasteiger partial charge >= 0.3 is 12.1 Å². The maximum Gasteiger partial charge on any atom is 0.418 e. The van der Waals surface area contributed by atoms with E-state index in [9.17, 15) is 22.8 Å². The van der Waals surface area contributed by atoms with Crippen molar-refractivity contribution in [3.8, 4) is 5.69 Å². The first-order chi connectivity index (χ1) is 11.1. The molecule has 0 aliphatic rings. The van der Waals surface area contributed by atoms with E-state index in [0.717, 1.165) is 21.8 Å². The third-order valence-corrected chi connectivity index (χ3v) is 3.43. The van der Waals surface area contributed by atoms with Gasteiger partial charge in [0.05, 0.1) is 17.4 Å². The molecule has 10 heteroatoms. The Morgan fingerprint density at radius 3 is 2.50 bits per heavy atom. The Kier molecular flexibility index (Phi) is 4.58. The molecule has 0 radical (unpaired) electrons. The fourth-order valence-electron chi connectivity index (χ4n) is 1.91. The van der Waals surface area contributed by atoms with Crippen LogP contribution in [-0.2, 0) is 11.0 Å². The van der Waals surface area contributed by atoms with E-state index in [1.807, 2.05) is 0 Å². The predicted octanol–water partition coefficient (Wildman–Crippen LogP) is 1.83. The number of carboxylic acids is 1. The molecular formula is C14H13F3N4O3. The number of likely N-dealkylation sites (N-methyl/N-ethyl adjacent to an activating group) is 1. The second-order valence-electron chi connectivity index (χ2n) is 4.99. The van der Waals surface area contributed by atoms with Crippen molar-refractivity contribution in [2.45, 2.75) is 19.1 Å². The van der Waals surface area contributed by atoms with E-state index in [0.29, 0.717) is 0 Å². The summed E-state index contributed by atoms with van der Waals surface area (Å²) in [6.45, 7) is 1.30. The number of carbonyl (C=O) groups excluding carboxylic acids is 1. The summed E-state index contributed by atoms with van der Waals surface area (Å²) in [7, 11) is 1.25. The standard InChI is InChI=1S/C14H13F3N4O3/c1-8(13(23)24)20(2)12(22)10-7-21(19-18-10)11-6-4-3-5-9(11)14(15,16)17/h3-8H,1-2H3,(H,23,24). The largest absolute Gasteiger partial charge is 0.480 e. The minimum absolute atomic E-state index is 0.262. The van der Waals surface area contributed by atoms with Crippen LogP contribution in [0.4, 0.5) is 13.2 Å². The molecule has 24 heavy (non-hydrogen) atoms. The van der Waals surface area contributed by atoms with Gasteiger partial charge in [0.25, 0.3) is 5.91 Å². The third-order valence-electron chi connectivity index (χ3n) is 3.43. The number of alkyl halides is 3. The number of halogens is 3. The summed E-state index contributed by atoms with van der Waals surface area (Å²) in [6, 6.07) is 3.58. The molecule has 0 aliphatic heterocycles. The lowest BCUT2D eigenvalue weighted by atomic mass is 10.1. The van der Waals surface area contributed by atoms with Crippen molar-refractivity contribution in [2.24, 2.45) is 0 Å². The van der Waals surface area contributed by atoms with Crippen LogP contribution in [-0.4, -0.2) is 50.0 Å². The maximum absolute atomic E-state index is 13.0. The van der Waals surface area contributed by atoms with Crippen LogP contribution in [0.5, 0.6) is 0 Å². The normalized spacial score (nSPS) is 12.7. The number of rotatable bonds is 4. The summed E-state index contributed by atoms with van der Waals surface area (Å²) in [5.74, 6) is -1.98. The van der Waals surface area contributed by atoms with Crippen LogP contribution in [0.15, 0.2) is 30.5 Å². The molecule has 7 nitrogen and oxygen atoms in total. The average molecular weight is 342 g/mol. The average Bonchev–Trinajstić information content (AvgIpc) is 3.01. The third kappa shape index (κ3) is 3.36. The van der Waals surface area contributed by atoms with Crippen molar-refractivity contribution in [3.05, 3.63) is 41.7 Å². The number of carboxylic acid groups (broad SMARTS) is 1. The summed E-state index contributed by atoms with van der Waals surface area (Å²) >= 11 is 0. The van der Waals surface area contributed by atoms with Crippen LogP contribution in [0.1, 0.15) is 23.0 Å². The van der Waals surface area contributed by atoms with Crippen LogP contribution in [0, 0.1) is 0 Å². The molecule has 1 unspecified atom stereocenters. The number of hydrogen-bond donors (Lipinski definition) is 1. The number of amides is 1. The van der Waals surface area contributed by atoms with Crippen molar-refractivity contribution in [3.63, 3.8) is 0 Å². The first-order valence-corrected chi connectivity index (χ1v) is 6.72. The molecule has 0 bridgehead atoms. The van der Waals surface area contributed by atoms with E-state index in [-0.39, 0.29) is 11.4 Å². The molecule has 0 spiro atoms. The van der Waals surface area contributed by atoms with Crippen LogP contribution >= 0.6 is 0 Å². The lowest BCUT2D eigenvalue weighted by Gasteiger charge is -2.19. The van der Waals surface area contributed by atoms with Gasteiger partial charge < -0.3 is 10.0 Å². The fraction of sp³-hybridized carbons (Fsp3) is 0.286. The summed E-state index contributed by atoms with van der Waals surface area (Å²) in [5, 5.41) is 16.0. The molecule has 1 heterocycles. The van der Waals surface area contributed by atoms with Gasteiger partial charge in [-0.2, -0.15) is 13.2 Å².